The number of aromatic nitrogens is 3. The van der Waals surface area contributed by atoms with Crippen molar-refractivity contribution in [1.82, 2.24) is 14.8 Å². The van der Waals surface area contributed by atoms with Gasteiger partial charge in [0, 0.05) is 5.39 Å². The number of anilines is 1. The van der Waals surface area contributed by atoms with Gasteiger partial charge in [-0.2, -0.15) is 15.0 Å². The summed E-state index contributed by atoms with van der Waals surface area (Å²) < 4.78 is 40.2. The second-order valence-corrected chi connectivity index (χ2v) is 8.55. The van der Waals surface area contributed by atoms with Crippen molar-refractivity contribution in [1.29, 1.82) is 5.26 Å². The van der Waals surface area contributed by atoms with Crippen molar-refractivity contribution in [3.05, 3.63) is 65.9 Å². The van der Waals surface area contributed by atoms with Crippen molar-refractivity contribution in [3.8, 4) is 23.4 Å². The van der Waals surface area contributed by atoms with Gasteiger partial charge in [0.2, 0.25) is 0 Å². The van der Waals surface area contributed by atoms with Crippen molar-refractivity contribution in [2.75, 3.05) is 18.9 Å². The molecule has 0 bridgehead atoms. The molecule has 4 aromatic rings. The minimum Gasteiger partial charge on any atom is -0.497 e. The Morgan fingerprint density at radius 2 is 1.84 bits per heavy atom. The van der Waals surface area contributed by atoms with Crippen LogP contribution in [0.5, 0.6) is 11.5 Å². The molecule has 2 aromatic carbocycles. The van der Waals surface area contributed by atoms with Gasteiger partial charge in [-0.05, 0) is 48.9 Å². The number of para-hydroxylation sites is 1. The van der Waals surface area contributed by atoms with E-state index in [9.17, 15) is 13.7 Å². The predicted octanol–water partition coefficient (Wildman–Crippen LogP) is 3.42. The molecule has 4 rings (SSSR count). The lowest BCUT2D eigenvalue weighted by atomic mass is 10.1. The lowest BCUT2D eigenvalue weighted by molar-refractivity contribution is 0.414. The van der Waals surface area contributed by atoms with Crippen LogP contribution in [0.25, 0.3) is 16.7 Å². The second kappa shape index (κ2) is 8.20. The molecule has 2 aromatic heterocycles. The first-order valence-corrected chi connectivity index (χ1v) is 11.0. The van der Waals surface area contributed by atoms with E-state index in [2.05, 4.69) is 14.8 Å². The van der Waals surface area contributed by atoms with Crippen LogP contribution in [0.2, 0.25) is 0 Å². The fourth-order valence-electron chi connectivity index (χ4n) is 3.29. The van der Waals surface area contributed by atoms with Gasteiger partial charge < -0.3 is 9.47 Å². The summed E-state index contributed by atoms with van der Waals surface area (Å²) in [6, 6.07) is 15.2. The van der Waals surface area contributed by atoms with Crippen molar-refractivity contribution in [2.45, 2.75) is 11.8 Å². The molecular formula is C22H19N5O4S. The number of ether oxygens (including phenoxy) is 2. The number of nitrogens with one attached hydrogen (secondary N) is 1. The van der Waals surface area contributed by atoms with Crippen LogP contribution in [0, 0.1) is 18.3 Å². The maximum absolute atomic E-state index is 13.0. The van der Waals surface area contributed by atoms with E-state index < -0.39 is 10.0 Å². The van der Waals surface area contributed by atoms with Gasteiger partial charge in [-0.25, -0.2) is 13.4 Å². The number of sulfonamides is 1. The quantitative estimate of drug-likeness (QED) is 0.479. The summed E-state index contributed by atoms with van der Waals surface area (Å²) in [6.07, 6.45) is 1.29. The molecule has 0 radical (unpaired) electrons. The van der Waals surface area contributed by atoms with E-state index in [1.54, 1.807) is 19.2 Å². The van der Waals surface area contributed by atoms with Crippen LogP contribution in [0.1, 0.15) is 11.1 Å². The Balaban J connectivity index is 1.83. The largest absolute Gasteiger partial charge is 0.497 e. The molecule has 0 spiro atoms. The average molecular weight is 449 g/mol. The molecule has 0 fully saturated rings. The van der Waals surface area contributed by atoms with Gasteiger partial charge in [-0.15, -0.1) is 0 Å². The van der Waals surface area contributed by atoms with Crippen molar-refractivity contribution < 1.29 is 17.9 Å². The highest BCUT2D eigenvalue weighted by atomic mass is 32.2. The third-order valence-electron chi connectivity index (χ3n) is 4.92. The zero-order valence-corrected chi connectivity index (χ0v) is 18.3. The molecule has 0 aliphatic rings. The number of aryl methyl sites for hydroxylation is 1. The van der Waals surface area contributed by atoms with E-state index in [0.717, 1.165) is 10.9 Å². The number of hydrogen-bond donors (Lipinski definition) is 1. The SMILES string of the molecule is COc1ccc(S(=O)(=O)Nc2c(C#N)cnn2-c2cc(C)c3cccc(OC)c3n2)cc1. The summed E-state index contributed by atoms with van der Waals surface area (Å²) in [7, 11) is -0.963. The lowest BCUT2D eigenvalue weighted by Gasteiger charge is -2.13. The molecule has 9 nitrogen and oxygen atoms in total. The van der Waals surface area contributed by atoms with E-state index in [1.807, 2.05) is 25.1 Å². The van der Waals surface area contributed by atoms with Crippen molar-refractivity contribution in [3.63, 3.8) is 0 Å². The minimum atomic E-state index is -4.01. The van der Waals surface area contributed by atoms with Gasteiger partial charge in [-0.1, -0.05) is 12.1 Å². The van der Waals surface area contributed by atoms with E-state index in [4.69, 9.17) is 9.47 Å². The van der Waals surface area contributed by atoms with E-state index in [-0.39, 0.29) is 16.3 Å². The Kier molecular flexibility index (Phi) is 5.42. The molecule has 0 aliphatic carbocycles. The summed E-state index contributed by atoms with van der Waals surface area (Å²) in [5, 5.41) is 14.6. The van der Waals surface area contributed by atoms with Gasteiger partial charge >= 0.3 is 0 Å². The van der Waals surface area contributed by atoms with Gasteiger partial charge in [0.1, 0.15) is 28.6 Å². The topological polar surface area (TPSA) is 119 Å². The summed E-state index contributed by atoms with van der Waals surface area (Å²) in [4.78, 5) is 4.64. The number of rotatable bonds is 6. The van der Waals surface area contributed by atoms with Crippen molar-refractivity contribution >= 4 is 26.7 Å². The third-order valence-corrected chi connectivity index (χ3v) is 6.28. The molecule has 2 heterocycles. The van der Waals surface area contributed by atoms with Crippen LogP contribution in [-0.2, 0) is 10.0 Å². The minimum absolute atomic E-state index is 0.00975. The Labute approximate surface area is 184 Å². The molecule has 0 amide bonds. The van der Waals surface area contributed by atoms with Gasteiger partial charge in [0.05, 0.1) is 25.3 Å². The fraction of sp³-hybridized carbons (Fsp3) is 0.136. The molecule has 32 heavy (non-hydrogen) atoms. The Morgan fingerprint density at radius 3 is 2.50 bits per heavy atom. The van der Waals surface area contributed by atoms with E-state index in [0.29, 0.717) is 22.8 Å². The zero-order valence-electron chi connectivity index (χ0n) is 17.5. The maximum atomic E-state index is 13.0. The number of nitriles is 1. The summed E-state index contributed by atoms with van der Waals surface area (Å²) in [5.74, 6) is 1.43. The Hall–Kier alpha value is -4.10. The van der Waals surface area contributed by atoms with Crippen LogP contribution in [0.15, 0.2) is 59.6 Å². The average Bonchev–Trinajstić information content (AvgIpc) is 3.20. The molecule has 10 heteroatoms. The molecule has 162 valence electrons. The zero-order chi connectivity index (χ0) is 22.9. The first-order valence-electron chi connectivity index (χ1n) is 9.47. The highest BCUT2D eigenvalue weighted by Gasteiger charge is 2.22. The molecule has 0 saturated carbocycles. The summed E-state index contributed by atoms with van der Waals surface area (Å²) >= 11 is 0. The second-order valence-electron chi connectivity index (χ2n) is 6.87. The van der Waals surface area contributed by atoms with Crippen LogP contribution < -0.4 is 14.2 Å². The normalized spacial score (nSPS) is 11.2. The van der Waals surface area contributed by atoms with Crippen LogP contribution in [-0.4, -0.2) is 37.4 Å². The van der Waals surface area contributed by atoms with Gasteiger partial charge in [-0.3, -0.25) is 4.72 Å². The van der Waals surface area contributed by atoms with E-state index in [1.165, 1.54) is 42.3 Å². The fourth-order valence-corrected chi connectivity index (χ4v) is 4.35. The van der Waals surface area contributed by atoms with Gasteiger partial charge in [0.15, 0.2) is 11.6 Å². The number of methoxy groups -OCH3 is 2. The first kappa shape index (κ1) is 21.1. The van der Waals surface area contributed by atoms with Gasteiger partial charge in [0.25, 0.3) is 10.0 Å². The van der Waals surface area contributed by atoms with Crippen LogP contribution >= 0.6 is 0 Å². The Morgan fingerprint density at radius 1 is 1.09 bits per heavy atom. The third kappa shape index (κ3) is 3.70. The molecule has 0 aliphatic heterocycles. The smallest absolute Gasteiger partial charge is 0.263 e. The monoisotopic (exact) mass is 449 g/mol. The standard InChI is InChI=1S/C22H19N5O4S/c1-14-11-20(25-21-18(14)5-4-6-19(21)31-3)27-22(15(12-23)13-24-27)26-32(28,29)17-9-7-16(30-2)8-10-17/h4-11,13,26H,1-3H3. The van der Waals surface area contributed by atoms with E-state index >= 15 is 0 Å². The molecular weight excluding hydrogens is 430 g/mol. The van der Waals surface area contributed by atoms with Crippen LogP contribution in [0.4, 0.5) is 5.82 Å². The molecule has 1 N–H and O–H groups in total. The number of pyridine rings is 1. The lowest BCUT2D eigenvalue weighted by Crippen LogP contribution is -2.17. The highest BCUT2D eigenvalue weighted by molar-refractivity contribution is 7.92. The van der Waals surface area contributed by atoms with Crippen LogP contribution in [0.3, 0.4) is 0 Å². The summed E-state index contributed by atoms with van der Waals surface area (Å²) in [6.45, 7) is 1.91. The number of nitrogens with zero attached hydrogens (tertiary/aromatic N) is 4. The number of fused-ring (bicyclic) bond motifs is 1. The number of hydrogen-bond acceptors (Lipinski definition) is 7. The molecule has 0 atom stereocenters. The Bertz CT molecular complexity index is 1450. The summed E-state index contributed by atoms with van der Waals surface area (Å²) in [5.41, 5.74) is 1.55. The molecule has 0 unspecified atom stereocenters. The molecule has 0 saturated heterocycles. The van der Waals surface area contributed by atoms with Crippen molar-refractivity contribution in [2.24, 2.45) is 0 Å². The first-order chi connectivity index (χ1) is 15.4. The highest BCUT2D eigenvalue weighted by Crippen LogP contribution is 2.29. The predicted molar refractivity (Wildman–Crippen MR) is 119 cm³/mol. The maximum Gasteiger partial charge on any atom is 0.263 e. The number of benzene rings is 2.